The van der Waals surface area contributed by atoms with E-state index < -0.39 is 0 Å². The Morgan fingerprint density at radius 1 is 1.12 bits per heavy atom. The van der Waals surface area contributed by atoms with Gasteiger partial charge < -0.3 is 5.73 Å². The van der Waals surface area contributed by atoms with Crippen molar-refractivity contribution in [1.82, 2.24) is 4.52 Å². The minimum absolute atomic E-state index is 0.551. The fourth-order valence-electron chi connectivity index (χ4n) is 3.43. The molecule has 3 nitrogen and oxygen atoms in total. The van der Waals surface area contributed by atoms with Gasteiger partial charge in [0.2, 0.25) is 11.9 Å². The highest BCUT2D eigenvalue weighted by molar-refractivity contribution is 5.75. The maximum absolute atomic E-state index is 6.00. The molecule has 0 atom stereocenters. The third-order valence-corrected chi connectivity index (χ3v) is 4.43. The first-order valence-electron chi connectivity index (χ1n) is 8.91. The van der Waals surface area contributed by atoms with E-state index in [1.807, 2.05) is 13.8 Å². The van der Waals surface area contributed by atoms with Crippen molar-refractivity contribution < 1.29 is 4.36 Å². The van der Waals surface area contributed by atoms with Crippen LogP contribution in [0.15, 0.2) is 36.4 Å². The summed E-state index contributed by atoms with van der Waals surface area (Å²) in [7, 11) is 0. The van der Waals surface area contributed by atoms with E-state index in [0.717, 1.165) is 0 Å². The molecule has 2 N–H and O–H groups in total. The van der Waals surface area contributed by atoms with Crippen molar-refractivity contribution in [3.05, 3.63) is 76.3 Å². The zero-order chi connectivity index (χ0) is 18.0. The van der Waals surface area contributed by atoms with E-state index in [9.17, 15) is 0 Å². The van der Waals surface area contributed by atoms with E-state index in [2.05, 4.69) is 83.6 Å². The smallest absolute Gasteiger partial charge is 0.243 e. The van der Waals surface area contributed by atoms with Gasteiger partial charge in [-0.3, -0.25) is 0 Å². The largest absolute Gasteiger partial charge is 0.326 e. The first kappa shape index (κ1) is 17.2. The van der Waals surface area contributed by atoms with Crippen LogP contribution in [-0.4, -0.2) is 4.52 Å². The van der Waals surface area contributed by atoms with Crippen molar-refractivity contribution in [2.75, 3.05) is 0 Å². The number of allylic oxidation sites excluding steroid dienone is 1. The summed E-state index contributed by atoms with van der Waals surface area (Å²) in [5, 5.41) is 0. The van der Waals surface area contributed by atoms with Crippen LogP contribution in [0, 0.1) is 20.1 Å². The molecule has 0 bridgehead atoms. The maximum atomic E-state index is 6.00. The average Bonchev–Trinajstić information content (AvgIpc) is 3.28. The van der Waals surface area contributed by atoms with E-state index in [-0.39, 0.29) is 0 Å². The van der Waals surface area contributed by atoms with Gasteiger partial charge in [0, 0.05) is 18.7 Å². The number of hydrogen-bond donors (Lipinski definition) is 1. The summed E-state index contributed by atoms with van der Waals surface area (Å²) >= 11 is 0. The monoisotopic (exact) mass is 332 g/mol. The molecule has 0 fully saturated rings. The molecule has 2 aromatic heterocycles. The number of aryl methyl sites for hydroxylation is 2. The van der Waals surface area contributed by atoms with Crippen molar-refractivity contribution in [2.45, 2.75) is 34.2 Å². The molecule has 3 heteroatoms. The molecule has 128 valence electrons. The molecule has 0 radical (unpaired) electrons. The second-order valence-corrected chi connectivity index (χ2v) is 6.08. The Morgan fingerprint density at radius 2 is 1.92 bits per heavy atom. The molecule has 1 aromatic carbocycles. The van der Waals surface area contributed by atoms with Crippen molar-refractivity contribution in [1.29, 1.82) is 0 Å². The van der Waals surface area contributed by atoms with Gasteiger partial charge in [-0.25, -0.2) is 0 Å². The first-order chi connectivity index (χ1) is 12.2. The quantitative estimate of drug-likeness (QED) is 0.715. The van der Waals surface area contributed by atoms with E-state index >= 15 is 0 Å². The molecule has 0 unspecified atom stereocenters. The van der Waals surface area contributed by atoms with Gasteiger partial charge in [0.15, 0.2) is 0 Å². The van der Waals surface area contributed by atoms with E-state index in [1.54, 1.807) is 0 Å². The lowest BCUT2D eigenvalue weighted by Gasteiger charge is -1.95. The van der Waals surface area contributed by atoms with Crippen LogP contribution in [0.5, 0.6) is 0 Å². The second-order valence-electron chi connectivity index (χ2n) is 6.08. The molecular weight excluding hydrogens is 306 g/mol. The maximum Gasteiger partial charge on any atom is 0.243 e. The lowest BCUT2D eigenvalue weighted by atomic mass is 10.1. The lowest BCUT2D eigenvalue weighted by molar-refractivity contribution is -0.583. The van der Waals surface area contributed by atoms with Crippen LogP contribution in [0.2, 0.25) is 0 Å². The SMILES string of the molecule is CC.Cc1cccc(/C=C/c2cc(C)c3c(CN)c4[n+](n23)=CC=C4)c1. The van der Waals surface area contributed by atoms with Crippen LogP contribution in [-0.2, 0) is 6.54 Å². The van der Waals surface area contributed by atoms with Crippen molar-refractivity contribution in [3.8, 4) is 0 Å². The molecule has 3 heterocycles. The first-order valence-corrected chi connectivity index (χ1v) is 8.91. The van der Waals surface area contributed by atoms with Crippen LogP contribution in [0.4, 0.5) is 0 Å². The van der Waals surface area contributed by atoms with Gasteiger partial charge in [0.1, 0.15) is 11.2 Å². The highest BCUT2D eigenvalue weighted by Gasteiger charge is 2.25. The highest BCUT2D eigenvalue weighted by atomic mass is 15.3. The van der Waals surface area contributed by atoms with Gasteiger partial charge in [-0.15, -0.1) is 4.52 Å². The number of hydrogen-bond acceptors (Lipinski definition) is 1. The Morgan fingerprint density at radius 3 is 2.64 bits per heavy atom. The third-order valence-electron chi connectivity index (χ3n) is 4.43. The Labute approximate surface area is 149 Å². The van der Waals surface area contributed by atoms with Gasteiger partial charge in [-0.2, -0.15) is 0 Å². The summed E-state index contributed by atoms with van der Waals surface area (Å²) in [6.07, 6.45) is 10.6. The zero-order valence-corrected chi connectivity index (χ0v) is 15.5. The predicted molar refractivity (Wildman–Crippen MR) is 106 cm³/mol. The van der Waals surface area contributed by atoms with Crippen LogP contribution in [0.25, 0.3) is 23.7 Å². The Balaban J connectivity index is 0.000000880. The van der Waals surface area contributed by atoms with E-state index in [4.69, 9.17) is 5.73 Å². The van der Waals surface area contributed by atoms with Crippen molar-refractivity contribution in [3.63, 3.8) is 0 Å². The third kappa shape index (κ3) is 2.92. The van der Waals surface area contributed by atoms with Crippen LogP contribution in [0.3, 0.4) is 0 Å². The highest BCUT2D eigenvalue weighted by Crippen LogP contribution is 2.24. The van der Waals surface area contributed by atoms with E-state index in [1.165, 1.54) is 39.2 Å². The van der Waals surface area contributed by atoms with Gasteiger partial charge in [-0.1, -0.05) is 54.1 Å². The fraction of sp³-hybridized carbons (Fsp3) is 0.227. The summed E-state index contributed by atoms with van der Waals surface area (Å²) in [6, 6.07) is 10.7. The van der Waals surface area contributed by atoms with Gasteiger partial charge in [0.05, 0.1) is 5.56 Å². The standard InChI is InChI=1S/C20H20N3.C2H6/c1-14-5-3-6-16(11-14)8-9-17-12-15(2)20-18(13-21)19-7-4-10-22(19)23(17)20;1-2/h3-12H,13,21H2,1-2H3;1-2H3/q+1;/b9-8+;. The number of rotatable bonds is 3. The van der Waals surface area contributed by atoms with Crippen LogP contribution < -0.4 is 10.1 Å². The lowest BCUT2D eigenvalue weighted by Crippen LogP contribution is -2.24. The van der Waals surface area contributed by atoms with Crippen molar-refractivity contribution >= 4 is 23.7 Å². The minimum Gasteiger partial charge on any atom is -0.326 e. The Bertz CT molecular complexity index is 1020. The molecule has 25 heavy (non-hydrogen) atoms. The molecule has 1 aliphatic rings. The number of fused-ring (bicyclic) bond motifs is 3. The van der Waals surface area contributed by atoms with Gasteiger partial charge in [0.25, 0.3) is 0 Å². The Hall–Kier alpha value is -2.65. The minimum atomic E-state index is 0.551. The number of nitrogens with two attached hydrogens (primary N) is 1. The molecule has 4 rings (SSSR count). The molecule has 0 saturated carbocycles. The Kier molecular flexibility index (Phi) is 4.86. The summed E-state index contributed by atoms with van der Waals surface area (Å²) < 4.78 is 4.43. The number of benzene rings is 1. The fourth-order valence-corrected chi connectivity index (χ4v) is 3.43. The number of aromatic nitrogens is 2. The molecule has 1 aliphatic heterocycles. The average molecular weight is 332 g/mol. The molecule has 0 spiro atoms. The summed E-state index contributed by atoms with van der Waals surface area (Å²) in [5.41, 5.74) is 14.5. The molecule has 0 aliphatic carbocycles. The molecule has 0 amide bonds. The number of nitrogens with zero attached hydrogens (tertiary/aromatic N) is 2. The molecule has 3 aromatic rings. The topological polar surface area (TPSA) is 36.3 Å². The van der Waals surface area contributed by atoms with Crippen LogP contribution >= 0.6 is 0 Å². The summed E-state index contributed by atoms with van der Waals surface area (Å²) in [4.78, 5) is 0. The molecular formula is C22H26N3+. The van der Waals surface area contributed by atoms with E-state index in [0.29, 0.717) is 6.54 Å². The van der Waals surface area contributed by atoms with Gasteiger partial charge in [-0.05, 0) is 37.1 Å². The molecule has 0 saturated heterocycles. The van der Waals surface area contributed by atoms with Crippen molar-refractivity contribution in [2.24, 2.45) is 5.73 Å². The van der Waals surface area contributed by atoms with Gasteiger partial charge >= 0.3 is 0 Å². The van der Waals surface area contributed by atoms with Crippen LogP contribution in [0.1, 0.15) is 47.5 Å². The summed E-state index contributed by atoms with van der Waals surface area (Å²) in [5.74, 6) is 0. The normalized spacial score (nSPS) is 12.4. The summed E-state index contributed by atoms with van der Waals surface area (Å²) in [6.45, 7) is 8.82. The second kappa shape index (κ2) is 7.08. The zero-order valence-electron chi connectivity index (χ0n) is 15.5. The predicted octanol–water partition coefficient (Wildman–Crippen LogP) is 4.25.